The molecule has 0 saturated carbocycles. The van der Waals surface area contributed by atoms with Gasteiger partial charge in [-0.05, 0) is 61.2 Å². The molecule has 0 bridgehead atoms. The third-order valence-electron chi connectivity index (χ3n) is 5.37. The zero-order chi connectivity index (χ0) is 19.3. The Kier molecular flexibility index (Phi) is 5.42. The molecule has 144 valence electrons. The SMILES string of the molecule is CC1CCN(c2ccc(Nc3ccnc(N(C)c4ccccc4)n3)cc2)CC1. The summed E-state index contributed by atoms with van der Waals surface area (Å²) in [5.41, 5.74) is 3.38. The molecule has 0 radical (unpaired) electrons. The molecule has 2 aromatic carbocycles. The second-order valence-electron chi connectivity index (χ2n) is 7.48. The van der Waals surface area contributed by atoms with Crippen LogP contribution in [-0.4, -0.2) is 30.1 Å². The van der Waals surface area contributed by atoms with Crippen molar-refractivity contribution >= 4 is 28.8 Å². The van der Waals surface area contributed by atoms with E-state index in [1.54, 1.807) is 6.20 Å². The van der Waals surface area contributed by atoms with E-state index in [1.165, 1.54) is 18.5 Å². The third kappa shape index (κ3) is 4.25. The molecule has 0 amide bonds. The summed E-state index contributed by atoms with van der Waals surface area (Å²) in [5, 5.41) is 3.39. The van der Waals surface area contributed by atoms with Crippen molar-refractivity contribution in [2.45, 2.75) is 19.8 Å². The Hall–Kier alpha value is -3.08. The number of rotatable bonds is 5. The van der Waals surface area contributed by atoms with Crippen molar-refractivity contribution in [3.05, 3.63) is 66.9 Å². The zero-order valence-corrected chi connectivity index (χ0v) is 16.5. The number of anilines is 5. The quantitative estimate of drug-likeness (QED) is 0.664. The van der Waals surface area contributed by atoms with E-state index in [0.717, 1.165) is 36.2 Å². The molecule has 1 N–H and O–H groups in total. The number of nitrogens with zero attached hydrogens (tertiary/aromatic N) is 4. The second-order valence-corrected chi connectivity index (χ2v) is 7.48. The standard InChI is InChI=1S/C23H27N5/c1-18-13-16-28(17-14-18)21-10-8-19(9-11-21)25-22-12-15-24-23(26-22)27(2)20-6-4-3-5-7-20/h3-12,15,18H,13-14,16-17H2,1-2H3,(H,24,25,26). The van der Waals surface area contributed by atoms with Crippen LogP contribution in [0, 0.1) is 5.92 Å². The zero-order valence-electron chi connectivity index (χ0n) is 16.5. The molecule has 0 unspecified atom stereocenters. The Morgan fingerprint density at radius 1 is 0.964 bits per heavy atom. The number of nitrogens with one attached hydrogen (secondary N) is 1. The summed E-state index contributed by atoms with van der Waals surface area (Å²) in [5.74, 6) is 2.29. The summed E-state index contributed by atoms with van der Waals surface area (Å²) in [6.07, 6.45) is 4.34. The molecule has 4 rings (SSSR count). The van der Waals surface area contributed by atoms with Gasteiger partial charge in [-0.1, -0.05) is 25.1 Å². The highest BCUT2D eigenvalue weighted by Crippen LogP contribution is 2.26. The van der Waals surface area contributed by atoms with Crippen LogP contribution in [0.25, 0.3) is 0 Å². The summed E-state index contributed by atoms with van der Waals surface area (Å²) in [4.78, 5) is 13.5. The molecule has 1 aliphatic rings. The normalized spacial score (nSPS) is 14.7. The Morgan fingerprint density at radius 3 is 2.39 bits per heavy atom. The maximum absolute atomic E-state index is 4.66. The van der Waals surface area contributed by atoms with Crippen LogP contribution in [0.15, 0.2) is 66.9 Å². The van der Waals surface area contributed by atoms with Gasteiger partial charge >= 0.3 is 0 Å². The molecular formula is C23H27N5. The number of piperidine rings is 1. The molecule has 0 atom stereocenters. The maximum Gasteiger partial charge on any atom is 0.231 e. The molecule has 2 heterocycles. The molecule has 1 saturated heterocycles. The first-order valence-corrected chi connectivity index (χ1v) is 9.93. The van der Waals surface area contributed by atoms with E-state index >= 15 is 0 Å². The minimum absolute atomic E-state index is 0.662. The number of hydrogen-bond acceptors (Lipinski definition) is 5. The minimum Gasteiger partial charge on any atom is -0.372 e. The van der Waals surface area contributed by atoms with Gasteiger partial charge in [0.25, 0.3) is 0 Å². The summed E-state index contributed by atoms with van der Waals surface area (Å²) in [6, 6.07) is 20.6. The molecule has 1 aromatic heterocycles. The number of para-hydroxylation sites is 1. The second kappa shape index (κ2) is 8.30. The van der Waals surface area contributed by atoms with Gasteiger partial charge in [-0.3, -0.25) is 0 Å². The maximum atomic E-state index is 4.66. The fourth-order valence-corrected chi connectivity index (χ4v) is 3.52. The van der Waals surface area contributed by atoms with Crippen LogP contribution in [0.1, 0.15) is 19.8 Å². The minimum atomic E-state index is 0.662. The molecule has 1 aliphatic heterocycles. The van der Waals surface area contributed by atoms with Gasteiger partial charge in [0.05, 0.1) is 0 Å². The smallest absolute Gasteiger partial charge is 0.231 e. The number of aromatic nitrogens is 2. The molecular weight excluding hydrogens is 346 g/mol. The Bertz CT molecular complexity index is 886. The molecule has 5 nitrogen and oxygen atoms in total. The largest absolute Gasteiger partial charge is 0.372 e. The lowest BCUT2D eigenvalue weighted by Crippen LogP contribution is -2.32. The van der Waals surface area contributed by atoms with Crippen molar-refractivity contribution in [3.63, 3.8) is 0 Å². The van der Waals surface area contributed by atoms with Gasteiger partial charge in [0.2, 0.25) is 5.95 Å². The van der Waals surface area contributed by atoms with E-state index in [-0.39, 0.29) is 0 Å². The van der Waals surface area contributed by atoms with E-state index in [0.29, 0.717) is 5.95 Å². The average Bonchev–Trinajstić information content (AvgIpc) is 2.75. The summed E-state index contributed by atoms with van der Waals surface area (Å²) in [7, 11) is 1.97. The van der Waals surface area contributed by atoms with Gasteiger partial charge in [-0.15, -0.1) is 0 Å². The Morgan fingerprint density at radius 2 is 1.68 bits per heavy atom. The average molecular weight is 374 g/mol. The first-order chi connectivity index (χ1) is 13.7. The molecule has 5 heteroatoms. The van der Waals surface area contributed by atoms with Gasteiger partial charge in [0, 0.05) is 43.4 Å². The van der Waals surface area contributed by atoms with Crippen molar-refractivity contribution in [1.29, 1.82) is 0 Å². The summed E-state index contributed by atoms with van der Waals surface area (Å²) < 4.78 is 0. The van der Waals surface area contributed by atoms with E-state index in [1.807, 2.05) is 48.3 Å². The van der Waals surface area contributed by atoms with Gasteiger partial charge in [-0.25, -0.2) is 4.98 Å². The van der Waals surface area contributed by atoms with Crippen LogP contribution < -0.4 is 15.1 Å². The van der Waals surface area contributed by atoms with E-state index in [2.05, 4.69) is 51.4 Å². The highest BCUT2D eigenvalue weighted by molar-refractivity contribution is 5.63. The van der Waals surface area contributed by atoms with E-state index in [9.17, 15) is 0 Å². The molecule has 0 aliphatic carbocycles. The number of hydrogen-bond donors (Lipinski definition) is 1. The highest BCUT2D eigenvalue weighted by Gasteiger charge is 2.15. The summed E-state index contributed by atoms with van der Waals surface area (Å²) >= 11 is 0. The first kappa shape index (κ1) is 18.3. The molecule has 28 heavy (non-hydrogen) atoms. The van der Waals surface area contributed by atoms with Crippen LogP contribution in [-0.2, 0) is 0 Å². The van der Waals surface area contributed by atoms with Crippen molar-refractivity contribution < 1.29 is 0 Å². The van der Waals surface area contributed by atoms with Crippen LogP contribution in [0.5, 0.6) is 0 Å². The first-order valence-electron chi connectivity index (χ1n) is 9.93. The van der Waals surface area contributed by atoms with Gasteiger partial charge in [0.15, 0.2) is 0 Å². The van der Waals surface area contributed by atoms with Gasteiger partial charge < -0.3 is 15.1 Å². The van der Waals surface area contributed by atoms with Crippen LogP contribution >= 0.6 is 0 Å². The van der Waals surface area contributed by atoms with Crippen molar-refractivity contribution in [2.75, 3.05) is 35.3 Å². The van der Waals surface area contributed by atoms with Gasteiger partial charge in [0.1, 0.15) is 5.82 Å². The lowest BCUT2D eigenvalue weighted by atomic mass is 9.99. The lowest BCUT2D eigenvalue weighted by molar-refractivity contribution is 0.438. The van der Waals surface area contributed by atoms with Crippen LogP contribution in [0.4, 0.5) is 28.8 Å². The fraction of sp³-hybridized carbons (Fsp3) is 0.304. The molecule has 1 fully saturated rings. The van der Waals surface area contributed by atoms with Crippen molar-refractivity contribution in [3.8, 4) is 0 Å². The highest BCUT2D eigenvalue weighted by atomic mass is 15.2. The number of benzene rings is 2. The third-order valence-corrected chi connectivity index (χ3v) is 5.37. The predicted molar refractivity (Wildman–Crippen MR) is 117 cm³/mol. The Balaban J connectivity index is 1.44. The van der Waals surface area contributed by atoms with E-state index < -0.39 is 0 Å². The van der Waals surface area contributed by atoms with Crippen molar-refractivity contribution in [2.24, 2.45) is 5.92 Å². The van der Waals surface area contributed by atoms with Gasteiger partial charge in [-0.2, -0.15) is 4.98 Å². The summed E-state index contributed by atoms with van der Waals surface area (Å²) in [6.45, 7) is 4.64. The van der Waals surface area contributed by atoms with E-state index in [4.69, 9.17) is 0 Å². The topological polar surface area (TPSA) is 44.3 Å². The van der Waals surface area contributed by atoms with Crippen LogP contribution in [0.3, 0.4) is 0 Å². The predicted octanol–water partition coefficient (Wildman–Crippen LogP) is 5.22. The van der Waals surface area contributed by atoms with Crippen molar-refractivity contribution in [1.82, 2.24) is 9.97 Å². The molecule has 0 spiro atoms. The Labute approximate surface area is 167 Å². The molecule has 3 aromatic rings. The fourth-order valence-electron chi connectivity index (χ4n) is 3.52. The monoisotopic (exact) mass is 373 g/mol. The van der Waals surface area contributed by atoms with Crippen LogP contribution in [0.2, 0.25) is 0 Å². The lowest BCUT2D eigenvalue weighted by Gasteiger charge is -2.32.